The molecule has 6 fully saturated rings. The van der Waals surface area contributed by atoms with Crippen LogP contribution in [0.1, 0.15) is 229 Å². The van der Waals surface area contributed by atoms with E-state index in [9.17, 15) is 39.5 Å². The van der Waals surface area contributed by atoms with Crippen LogP contribution >= 0.6 is 36.7 Å². The van der Waals surface area contributed by atoms with E-state index in [1.165, 1.54) is 154 Å². The molecule has 6 aliphatic carbocycles. The number of anilines is 3. The van der Waals surface area contributed by atoms with Gasteiger partial charge in [0.15, 0.2) is 15.3 Å². The minimum Gasteiger partial charge on any atom is -0.360 e. The quantitative estimate of drug-likeness (QED) is 0.0624. The molecule has 0 amide bonds. The average molecular weight is 1520 g/mol. The van der Waals surface area contributed by atoms with Gasteiger partial charge in [-0.05, 0) is 211 Å². The Morgan fingerprint density at radius 2 is 0.702 bits per heavy atom. The normalized spacial score (nSPS) is 19.5. The Morgan fingerprint density at radius 3 is 0.989 bits per heavy atom. The second kappa shape index (κ2) is 50.9. The third kappa shape index (κ3) is 38.3. The third-order valence-electron chi connectivity index (χ3n) is 18.0. The van der Waals surface area contributed by atoms with Crippen LogP contribution in [0, 0.1) is 101 Å². The Bertz CT molecular complexity index is 2480. The van der Waals surface area contributed by atoms with Gasteiger partial charge in [0.1, 0.15) is 0 Å². The van der Waals surface area contributed by atoms with E-state index >= 15 is 0 Å². The number of nitrogens with one attached hydrogen (secondary N) is 5. The zero-order valence-electron chi connectivity index (χ0n) is 59.5. The van der Waals surface area contributed by atoms with Crippen molar-refractivity contribution in [1.82, 2.24) is 15.5 Å². The summed E-state index contributed by atoms with van der Waals surface area (Å²) in [5.41, 5.74) is 0.757. The van der Waals surface area contributed by atoms with Crippen molar-refractivity contribution in [3.05, 3.63) is 133 Å². The molecule has 0 spiro atoms. The van der Waals surface area contributed by atoms with Crippen LogP contribution in [0.15, 0.2) is 54.6 Å². The summed E-state index contributed by atoms with van der Waals surface area (Å²) in [6, 6.07) is 12.4. The van der Waals surface area contributed by atoms with E-state index in [-0.39, 0.29) is 114 Å². The van der Waals surface area contributed by atoms with Crippen LogP contribution in [0.4, 0.5) is 56.6 Å². The van der Waals surface area contributed by atoms with Crippen molar-refractivity contribution in [3.8, 4) is 0 Å². The molecule has 546 valence electrons. The van der Waals surface area contributed by atoms with Gasteiger partial charge in [0.2, 0.25) is 0 Å². The van der Waals surface area contributed by atoms with Crippen molar-refractivity contribution in [3.63, 3.8) is 0 Å². The largest absolute Gasteiger partial charge is 2.00 e. The molecule has 94 heavy (non-hydrogen) atoms. The van der Waals surface area contributed by atoms with Gasteiger partial charge < -0.3 is 76.0 Å². The smallest absolute Gasteiger partial charge is 0.360 e. The topological polar surface area (TPSA) is 63.4 Å². The third-order valence-corrected chi connectivity index (χ3v) is 18.8. The minimum atomic E-state index is -4.36. The Kier molecular flexibility index (Phi) is 55.6. The van der Waals surface area contributed by atoms with Crippen LogP contribution < -0.4 is 26.6 Å². The van der Waals surface area contributed by atoms with E-state index < -0.39 is 35.2 Å². The number of halogens is 9. The van der Waals surface area contributed by atoms with Gasteiger partial charge in [0.05, 0.1) is 16.7 Å². The summed E-state index contributed by atoms with van der Waals surface area (Å²) in [7, 11) is 1.91. The molecule has 9 rings (SSSR count). The molecule has 0 aromatic heterocycles. The van der Waals surface area contributed by atoms with E-state index in [2.05, 4.69) is 68.1 Å². The first-order valence-corrected chi connectivity index (χ1v) is 32.9. The van der Waals surface area contributed by atoms with Gasteiger partial charge in [-0.2, -0.15) is 39.5 Å². The molecule has 5 N–H and O–H groups in total. The molecule has 4 unspecified atom stereocenters. The van der Waals surface area contributed by atoms with Crippen LogP contribution in [-0.4, -0.2) is 45.4 Å². The monoisotopic (exact) mass is 1510 g/mol. The van der Waals surface area contributed by atoms with Crippen molar-refractivity contribution in [2.24, 2.45) is 35.5 Å². The predicted octanol–water partition coefficient (Wildman–Crippen LogP) is 24.3. The second-order valence-corrected chi connectivity index (χ2v) is 26.6. The van der Waals surface area contributed by atoms with Gasteiger partial charge in [-0.15, -0.1) is 0 Å². The van der Waals surface area contributed by atoms with Crippen LogP contribution in [0.5, 0.6) is 0 Å². The van der Waals surface area contributed by atoms with Crippen molar-refractivity contribution in [1.29, 1.82) is 0 Å². The number of alkyl halides is 9. The SMILES string of the molecule is C1CCCC1.C1CCCC1.CC1CCCC1.Cc1cc(NC(=S)N(C)[C@@H](C)C2CCCC2C)cc(C(F)(F)F)c1.Cc1cc(NC(=S)N[C@@H](C)C2CCCC2)cc(C(F)(F)F)c1.Cc1cc(NC(=S)N[C@@H](C)C2CCCC2C)cc(C(F)(F)F)c1.[CH3-].[CH3-].[CH3-].[CH3-].[CH3-].[CH3-].[Fe+2].[Fe+2].[Fe+2]. The summed E-state index contributed by atoms with van der Waals surface area (Å²) in [6.45, 7) is 18.1. The van der Waals surface area contributed by atoms with Crippen LogP contribution in [0.25, 0.3) is 0 Å². The Balaban J connectivity index is -0.000000263. The van der Waals surface area contributed by atoms with E-state index in [1.54, 1.807) is 39.0 Å². The molecule has 0 radical (unpaired) electrons. The maximum Gasteiger partial charge on any atom is 2.00 e. The molecule has 3 aromatic carbocycles. The van der Waals surface area contributed by atoms with Gasteiger partial charge in [0, 0.05) is 42.2 Å². The van der Waals surface area contributed by atoms with Gasteiger partial charge in [0.25, 0.3) is 0 Å². The fourth-order valence-electron chi connectivity index (χ4n) is 12.9. The van der Waals surface area contributed by atoms with Crippen LogP contribution in [0.3, 0.4) is 0 Å². The fraction of sp³-hybridized carbons (Fsp3) is 0.630. The minimum absolute atomic E-state index is 0. The number of aryl methyl sites for hydroxylation is 3. The summed E-state index contributed by atoms with van der Waals surface area (Å²) >= 11 is 15.9. The van der Waals surface area contributed by atoms with E-state index in [0.717, 1.165) is 42.3 Å². The van der Waals surface area contributed by atoms with Crippen molar-refractivity contribution in [2.75, 3.05) is 23.0 Å². The maximum absolute atomic E-state index is 12.9. The van der Waals surface area contributed by atoms with E-state index in [0.29, 0.717) is 78.7 Å². The molecule has 21 heteroatoms. The first kappa shape index (κ1) is 103. The van der Waals surface area contributed by atoms with Gasteiger partial charge in [-0.1, -0.05) is 149 Å². The molecule has 6 aliphatic rings. The molecule has 7 atom stereocenters. The molecule has 6 saturated carbocycles. The zero-order valence-corrected chi connectivity index (χ0v) is 65.3. The fourth-order valence-corrected chi connectivity index (χ4v) is 13.8. The Hall–Kier alpha value is -2.34. The second-order valence-electron chi connectivity index (χ2n) is 25.4. The Labute approximate surface area is 615 Å². The summed E-state index contributed by atoms with van der Waals surface area (Å²) in [6.07, 6.45) is 20.0. The number of thiocarbonyl (C=S) groups is 3. The van der Waals surface area contributed by atoms with E-state index in [4.69, 9.17) is 36.7 Å². The van der Waals surface area contributed by atoms with Gasteiger partial charge in [-0.3, -0.25) is 0 Å². The summed E-state index contributed by atoms with van der Waals surface area (Å²) in [5, 5.41) is 16.3. The van der Waals surface area contributed by atoms with Crippen LogP contribution in [0.2, 0.25) is 0 Å². The van der Waals surface area contributed by atoms with Crippen molar-refractivity contribution >= 4 is 69.1 Å². The number of hydrogen-bond donors (Lipinski definition) is 5. The van der Waals surface area contributed by atoms with E-state index in [1.807, 2.05) is 11.9 Å². The summed E-state index contributed by atoms with van der Waals surface area (Å²) in [4.78, 5) is 1.97. The molecule has 0 aliphatic heterocycles. The predicted molar refractivity (Wildman–Crippen MR) is 387 cm³/mol. The van der Waals surface area contributed by atoms with Gasteiger partial charge in [-0.25, -0.2) is 0 Å². The number of benzene rings is 3. The van der Waals surface area contributed by atoms with Crippen molar-refractivity contribution < 1.29 is 90.7 Å². The molecule has 0 bridgehead atoms. The average Bonchev–Trinajstić information content (AvgIpc) is 2.24. The number of rotatable bonds is 9. The van der Waals surface area contributed by atoms with Crippen LogP contribution in [-0.2, 0) is 69.7 Å². The first-order chi connectivity index (χ1) is 39.9. The zero-order chi connectivity index (χ0) is 63.1. The molecule has 6 nitrogen and oxygen atoms in total. The Morgan fingerprint density at radius 1 is 0.404 bits per heavy atom. The molecule has 0 heterocycles. The number of nitrogens with zero attached hydrogens (tertiary/aromatic N) is 1. The number of hydrogen-bond acceptors (Lipinski definition) is 3. The maximum atomic E-state index is 12.9. The molecule has 3 aromatic rings. The standard InChI is InChI=1S/C18H25F3N2S.C17H23F3N2S.C16H21F3N2S.C6H12.2C5H10.6CH3.3Fe/c1-11-8-14(18(19,20)21)10-15(9-11)22-17(24)23(4)13(3)16-7-5-6-12(16)2;1-10-7-13(17(18,19)20)9-14(8-10)22-16(23)21-12(3)15-6-4-5-11(15)2;1-10-7-13(16(17,18)19)9-14(8-10)21-15(22)20-11(2)12-5-3-4-6-12;1-6-4-2-3-5-6;2*1-2-4-5-3-1;;;;;;;;;/h8-10,12-13,16H,5-7H2,1-4H3,(H,22,24);7-9,11-12,15H,4-6H2,1-3H3,(H2,21,22,23);7-9,11-12H,3-6H2,1-2H3,(H2,20,21,22);6H,2-5H2,1H3;2*1-5H2;6*1H3;;;/q;;;;;;6*-1;3*+2/t12?,13-,16?;11?,12-,15?;11-;;;;;;;;;;;;/m000............/s1. The molecule has 0 saturated heterocycles. The summed E-state index contributed by atoms with van der Waals surface area (Å²) in [5.74, 6) is 4.06. The van der Waals surface area contributed by atoms with Gasteiger partial charge >= 0.3 is 69.7 Å². The van der Waals surface area contributed by atoms with Crippen molar-refractivity contribution in [2.45, 2.75) is 253 Å². The first-order valence-electron chi connectivity index (χ1n) is 31.7. The molecular formula is C73H119F9Fe3N6S3. The molecular weight excluding hydrogens is 1400 g/mol. The summed E-state index contributed by atoms with van der Waals surface area (Å²) < 4.78 is 116.